The Kier molecular flexibility index (Phi) is 4.56. The molecule has 0 bridgehead atoms. The molecule has 14 heavy (non-hydrogen) atoms. The highest BCUT2D eigenvalue weighted by Gasteiger charge is 1.98. The fourth-order valence-electron chi connectivity index (χ4n) is 1.15. The van der Waals surface area contributed by atoms with Crippen LogP contribution in [0.4, 0.5) is 4.39 Å². The minimum atomic E-state index is -0.195. The van der Waals surface area contributed by atoms with E-state index in [4.69, 9.17) is 5.73 Å². The molecular weight excluding hydrogens is 179 g/mol. The van der Waals surface area contributed by atoms with E-state index in [1.54, 1.807) is 12.1 Å². The molecule has 1 rings (SSSR count). The third-order valence-corrected chi connectivity index (χ3v) is 2.17. The molecule has 1 aromatic rings. The summed E-state index contributed by atoms with van der Waals surface area (Å²) >= 11 is 0. The molecule has 3 heteroatoms. The molecule has 3 N–H and O–H groups in total. The lowest BCUT2D eigenvalue weighted by Crippen LogP contribution is -2.32. The number of benzene rings is 1. The monoisotopic (exact) mass is 196 g/mol. The first-order valence-electron chi connectivity index (χ1n) is 4.93. The van der Waals surface area contributed by atoms with Gasteiger partial charge in [0.15, 0.2) is 0 Å². The van der Waals surface area contributed by atoms with E-state index in [2.05, 4.69) is 12.2 Å². The minimum absolute atomic E-state index is 0.195. The molecule has 1 atom stereocenters. The van der Waals surface area contributed by atoms with Gasteiger partial charge in [-0.3, -0.25) is 0 Å². The molecule has 0 spiro atoms. The maximum Gasteiger partial charge on any atom is 0.123 e. The SMILES string of the molecule is CCC(N)CNCc1ccc(F)cc1. The second kappa shape index (κ2) is 5.73. The molecule has 0 aromatic heterocycles. The molecule has 0 saturated heterocycles. The minimum Gasteiger partial charge on any atom is -0.327 e. The molecule has 0 heterocycles. The number of rotatable bonds is 5. The lowest BCUT2D eigenvalue weighted by molar-refractivity contribution is 0.562. The van der Waals surface area contributed by atoms with E-state index in [1.165, 1.54) is 12.1 Å². The van der Waals surface area contributed by atoms with Gasteiger partial charge in [-0.05, 0) is 24.1 Å². The first-order valence-corrected chi connectivity index (χ1v) is 4.93. The van der Waals surface area contributed by atoms with Crippen LogP contribution in [0.2, 0.25) is 0 Å². The Balaban J connectivity index is 2.28. The summed E-state index contributed by atoms with van der Waals surface area (Å²) in [5.41, 5.74) is 6.82. The molecule has 0 aliphatic rings. The van der Waals surface area contributed by atoms with Crippen LogP contribution in [0.25, 0.3) is 0 Å². The topological polar surface area (TPSA) is 38.0 Å². The van der Waals surface area contributed by atoms with Gasteiger partial charge >= 0.3 is 0 Å². The quantitative estimate of drug-likeness (QED) is 0.751. The molecule has 0 saturated carbocycles. The third kappa shape index (κ3) is 3.85. The number of nitrogens with one attached hydrogen (secondary N) is 1. The maximum atomic E-state index is 12.6. The van der Waals surface area contributed by atoms with Crippen LogP contribution in [0.3, 0.4) is 0 Å². The molecule has 1 unspecified atom stereocenters. The zero-order valence-electron chi connectivity index (χ0n) is 8.46. The smallest absolute Gasteiger partial charge is 0.123 e. The Labute approximate surface area is 84.3 Å². The van der Waals surface area contributed by atoms with Gasteiger partial charge in [0.25, 0.3) is 0 Å². The van der Waals surface area contributed by atoms with Crippen LogP contribution in [-0.2, 0) is 6.54 Å². The summed E-state index contributed by atoms with van der Waals surface area (Å²) < 4.78 is 12.6. The lowest BCUT2D eigenvalue weighted by Gasteiger charge is -2.09. The highest BCUT2D eigenvalue weighted by Crippen LogP contribution is 2.01. The van der Waals surface area contributed by atoms with E-state index >= 15 is 0 Å². The van der Waals surface area contributed by atoms with Gasteiger partial charge in [0, 0.05) is 19.1 Å². The number of nitrogens with two attached hydrogens (primary N) is 1. The van der Waals surface area contributed by atoms with Crippen LogP contribution in [-0.4, -0.2) is 12.6 Å². The van der Waals surface area contributed by atoms with E-state index in [-0.39, 0.29) is 11.9 Å². The van der Waals surface area contributed by atoms with E-state index < -0.39 is 0 Å². The molecule has 0 aliphatic heterocycles. The Morgan fingerprint density at radius 3 is 2.57 bits per heavy atom. The van der Waals surface area contributed by atoms with Crippen molar-refractivity contribution < 1.29 is 4.39 Å². The van der Waals surface area contributed by atoms with Gasteiger partial charge in [-0.1, -0.05) is 19.1 Å². The fraction of sp³-hybridized carbons (Fsp3) is 0.455. The molecule has 0 radical (unpaired) electrons. The van der Waals surface area contributed by atoms with Crippen LogP contribution in [0, 0.1) is 5.82 Å². The van der Waals surface area contributed by atoms with Crippen molar-refractivity contribution in [2.24, 2.45) is 5.73 Å². The predicted octanol–water partition coefficient (Wildman–Crippen LogP) is 1.65. The molecule has 2 nitrogen and oxygen atoms in total. The maximum absolute atomic E-state index is 12.6. The van der Waals surface area contributed by atoms with Gasteiger partial charge in [-0.2, -0.15) is 0 Å². The Morgan fingerprint density at radius 1 is 1.36 bits per heavy atom. The summed E-state index contributed by atoms with van der Waals surface area (Å²) in [4.78, 5) is 0. The number of halogens is 1. The fourth-order valence-corrected chi connectivity index (χ4v) is 1.15. The summed E-state index contributed by atoms with van der Waals surface area (Å²) in [7, 11) is 0. The van der Waals surface area contributed by atoms with Crippen molar-refractivity contribution in [1.29, 1.82) is 0 Å². The summed E-state index contributed by atoms with van der Waals surface area (Å²) in [5.74, 6) is -0.195. The van der Waals surface area contributed by atoms with Crippen LogP contribution < -0.4 is 11.1 Å². The number of hydrogen-bond acceptors (Lipinski definition) is 2. The van der Waals surface area contributed by atoms with Gasteiger partial charge in [0.1, 0.15) is 5.82 Å². The summed E-state index contributed by atoms with van der Waals surface area (Å²) in [6.07, 6.45) is 0.969. The van der Waals surface area contributed by atoms with Crippen LogP contribution in [0.15, 0.2) is 24.3 Å². The summed E-state index contributed by atoms with van der Waals surface area (Å²) in [5, 5.41) is 3.22. The van der Waals surface area contributed by atoms with Gasteiger partial charge in [0.05, 0.1) is 0 Å². The van der Waals surface area contributed by atoms with Crippen LogP contribution in [0.1, 0.15) is 18.9 Å². The Bertz CT molecular complexity index is 258. The Hall–Kier alpha value is -0.930. The molecule has 0 aliphatic carbocycles. The average molecular weight is 196 g/mol. The highest BCUT2D eigenvalue weighted by molar-refractivity contribution is 5.15. The third-order valence-electron chi connectivity index (χ3n) is 2.17. The van der Waals surface area contributed by atoms with Gasteiger partial charge in [-0.25, -0.2) is 4.39 Å². The largest absolute Gasteiger partial charge is 0.327 e. The normalized spacial score (nSPS) is 12.8. The van der Waals surface area contributed by atoms with Crippen LogP contribution in [0.5, 0.6) is 0 Å². The van der Waals surface area contributed by atoms with E-state index in [1.807, 2.05) is 0 Å². The Morgan fingerprint density at radius 2 is 2.00 bits per heavy atom. The van der Waals surface area contributed by atoms with E-state index in [0.717, 1.165) is 25.1 Å². The second-order valence-corrected chi connectivity index (χ2v) is 3.43. The first-order chi connectivity index (χ1) is 6.72. The van der Waals surface area contributed by atoms with Crippen molar-refractivity contribution in [3.8, 4) is 0 Å². The lowest BCUT2D eigenvalue weighted by atomic mass is 10.2. The zero-order chi connectivity index (χ0) is 10.4. The van der Waals surface area contributed by atoms with Gasteiger partial charge in [0.2, 0.25) is 0 Å². The molecule has 1 aromatic carbocycles. The standard InChI is InChI=1S/C11H17FN2/c1-2-11(13)8-14-7-9-3-5-10(12)6-4-9/h3-6,11,14H,2,7-8,13H2,1H3. The first kappa shape index (κ1) is 11.1. The van der Waals surface area contributed by atoms with E-state index in [0.29, 0.717) is 0 Å². The molecule has 0 fully saturated rings. The number of hydrogen-bond donors (Lipinski definition) is 2. The van der Waals surface area contributed by atoms with Crippen molar-refractivity contribution in [2.45, 2.75) is 25.9 Å². The molecular formula is C11H17FN2. The molecule has 0 amide bonds. The second-order valence-electron chi connectivity index (χ2n) is 3.43. The summed E-state index contributed by atoms with van der Waals surface area (Å²) in [6.45, 7) is 3.60. The van der Waals surface area contributed by atoms with Crippen molar-refractivity contribution in [3.05, 3.63) is 35.6 Å². The van der Waals surface area contributed by atoms with Crippen molar-refractivity contribution >= 4 is 0 Å². The van der Waals surface area contributed by atoms with Crippen molar-refractivity contribution in [3.63, 3.8) is 0 Å². The van der Waals surface area contributed by atoms with Crippen molar-refractivity contribution in [2.75, 3.05) is 6.54 Å². The van der Waals surface area contributed by atoms with Gasteiger partial charge < -0.3 is 11.1 Å². The molecule has 78 valence electrons. The van der Waals surface area contributed by atoms with Crippen LogP contribution >= 0.6 is 0 Å². The highest BCUT2D eigenvalue weighted by atomic mass is 19.1. The van der Waals surface area contributed by atoms with Crippen molar-refractivity contribution in [1.82, 2.24) is 5.32 Å². The van der Waals surface area contributed by atoms with Gasteiger partial charge in [-0.15, -0.1) is 0 Å². The predicted molar refractivity (Wildman–Crippen MR) is 56.4 cm³/mol. The average Bonchev–Trinajstić information content (AvgIpc) is 2.21. The van der Waals surface area contributed by atoms with E-state index in [9.17, 15) is 4.39 Å². The zero-order valence-corrected chi connectivity index (χ0v) is 8.46. The summed E-state index contributed by atoms with van der Waals surface area (Å²) in [6, 6.07) is 6.70.